The lowest BCUT2D eigenvalue weighted by Gasteiger charge is -2.14. The molecule has 1 N–H and O–H groups in total. The molecule has 1 atom stereocenters. The van der Waals surface area contributed by atoms with Crippen LogP contribution in [0.25, 0.3) is 22.3 Å². The van der Waals surface area contributed by atoms with Crippen molar-refractivity contribution in [2.45, 2.75) is 34.0 Å². The number of hydrogen-bond donors (Lipinski definition) is 1. The van der Waals surface area contributed by atoms with E-state index >= 15 is 0 Å². The van der Waals surface area contributed by atoms with E-state index in [1.165, 1.54) is 0 Å². The van der Waals surface area contributed by atoms with Gasteiger partial charge in [-0.3, -0.25) is 0 Å². The van der Waals surface area contributed by atoms with Crippen molar-refractivity contribution in [2.24, 2.45) is 0 Å². The van der Waals surface area contributed by atoms with E-state index in [0.29, 0.717) is 22.6 Å². The third-order valence-electron chi connectivity index (χ3n) is 5.49. The summed E-state index contributed by atoms with van der Waals surface area (Å²) in [5.41, 5.74) is 6.96. The van der Waals surface area contributed by atoms with Gasteiger partial charge in [-0.2, -0.15) is 0 Å². The third kappa shape index (κ3) is 7.39. The number of carbonyl (C=O) groups is 2. The zero-order chi connectivity index (χ0) is 27.1. The molecule has 0 heterocycles. The minimum absolute atomic E-state index is 0.313. The molecule has 0 aliphatic rings. The van der Waals surface area contributed by atoms with Crippen LogP contribution < -0.4 is 9.47 Å². The number of rotatable bonds is 9. The number of aliphatic hydroxyl groups excluding tert-OH is 1. The lowest BCUT2D eigenvalue weighted by molar-refractivity contribution is -0.135. The van der Waals surface area contributed by atoms with E-state index < -0.39 is 25.2 Å². The molecule has 37 heavy (non-hydrogen) atoms. The maximum atomic E-state index is 11.8. The fourth-order valence-corrected chi connectivity index (χ4v) is 3.45. The van der Waals surface area contributed by atoms with Crippen molar-refractivity contribution in [2.75, 3.05) is 6.79 Å². The first-order chi connectivity index (χ1) is 17.5. The minimum Gasteiger partial charge on any atom is -0.423 e. The van der Waals surface area contributed by atoms with Gasteiger partial charge in [0.2, 0.25) is 0 Å². The van der Waals surface area contributed by atoms with Gasteiger partial charge in [0.25, 0.3) is 0 Å². The van der Waals surface area contributed by atoms with Gasteiger partial charge in [0, 0.05) is 5.57 Å². The second-order valence-electron chi connectivity index (χ2n) is 8.68. The summed E-state index contributed by atoms with van der Waals surface area (Å²) >= 11 is 0. The second-order valence-corrected chi connectivity index (χ2v) is 8.68. The van der Waals surface area contributed by atoms with E-state index in [0.717, 1.165) is 33.4 Å². The molecule has 0 aliphatic carbocycles. The molecule has 0 aliphatic heterocycles. The predicted octanol–water partition coefficient (Wildman–Crippen LogP) is 6.50. The Kier molecular flexibility index (Phi) is 9.00. The Hall–Kier alpha value is -4.20. The lowest BCUT2D eigenvalue weighted by atomic mass is 9.92. The van der Waals surface area contributed by atoms with Crippen LogP contribution in [0.1, 0.15) is 25.0 Å². The summed E-state index contributed by atoms with van der Waals surface area (Å²) in [6.45, 7) is 13.9. The van der Waals surface area contributed by atoms with Crippen LogP contribution in [0.3, 0.4) is 0 Å². The van der Waals surface area contributed by atoms with Crippen molar-refractivity contribution in [3.63, 3.8) is 0 Å². The molecule has 0 amide bonds. The lowest BCUT2D eigenvalue weighted by Crippen LogP contribution is -2.19. The van der Waals surface area contributed by atoms with Crippen molar-refractivity contribution in [1.29, 1.82) is 0 Å². The number of esters is 1. The average molecular weight is 503 g/mol. The number of aryl methyl sites for hydroxylation is 2. The van der Waals surface area contributed by atoms with Crippen LogP contribution in [0.2, 0.25) is 0 Å². The molecule has 7 nitrogen and oxygen atoms in total. The van der Waals surface area contributed by atoms with Crippen LogP contribution >= 0.6 is 0 Å². The highest BCUT2D eigenvalue weighted by Gasteiger charge is 2.12. The number of aliphatic hydroxyl groups is 1. The molecule has 0 fully saturated rings. The van der Waals surface area contributed by atoms with Gasteiger partial charge in [-0.05, 0) is 90.9 Å². The maximum absolute atomic E-state index is 11.8. The van der Waals surface area contributed by atoms with Gasteiger partial charge in [-0.25, -0.2) is 9.59 Å². The molecule has 0 bridgehead atoms. The van der Waals surface area contributed by atoms with Gasteiger partial charge in [0.1, 0.15) is 11.5 Å². The SMILES string of the molecule is C=C(C)C(=O)Oc1ccc(-c2cc(C)c(-c3ccc(OC(=O)OCOC(O)C(=C)C)cc3)cc2C)cc1. The molecular weight excluding hydrogens is 472 g/mol. The molecule has 3 aromatic rings. The topological polar surface area (TPSA) is 91.3 Å². The monoisotopic (exact) mass is 502 g/mol. The summed E-state index contributed by atoms with van der Waals surface area (Å²) in [7, 11) is 0. The van der Waals surface area contributed by atoms with Gasteiger partial charge in [-0.15, -0.1) is 0 Å². The Bertz CT molecular complexity index is 1310. The zero-order valence-corrected chi connectivity index (χ0v) is 21.4. The number of carbonyl (C=O) groups excluding carboxylic acids is 2. The Morgan fingerprint density at radius 1 is 0.811 bits per heavy atom. The second kappa shape index (κ2) is 12.2. The van der Waals surface area contributed by atoms with Crippen LogP contribution in [0.5, 0.6) is 11.5 Å². The van der Waals surface area contributed by atoms with Gasteiger partial charge >= 0.3 is 12.1 Å². The van der Waals surface area contributed by atoms with Crippen molar-refractivity contribution in [3.05, 3.63) is 96.1 Å². The van der Waals surface area contributed by atoms with Gasteiger partial charge in [0.15, 0.2) is 13.1 Å². The molecule has 3 rings (SSSR count). The molecule has 0 spiro atoms. The van der Waals surface area contributed by atoms with Crippen LogP contribution in [0.4, 0.5) is 4.79 Å². The molecule has 0 saturated carbocycles. The fourth-order valence-electron chi connectivity index (χ4n) is 3.45. The molecule has 7 heteroatoms. The van der Waals surface area contributed by atoms with Gasteiger partial charge in [-0.1, -0.05) is 49.6 Å². The molecular formula is C30H30O7. The van der Waals surface area contributed by atoms with Crippen molar-refractivity contribution in [3.8, 4) is 33.8 Å². The molecule has 0 radical (unpaired) electrons. The van der Waals surface area contributed by atoms with E-state index in [2.05, 4.69) is 25.3 Å². The molecule has 1 unspecified atom stereocenters. The standard InChI is InChI=1S/C30H30O7/c1-18(2)28(31)34-17-35-30(33)37-25-13-9-23(10-14-25)27-16-20(5)26(15-21(27)6)22-7-11-24(12-8-22)36-29(32)19(3)4/h7-16,28,31H,1,3,17H2,2,4-6H3. The molecule has 0 aromatic heterocycles. The highest BCUT2D eigenvalue weighted by molar-refractivity contribution is 5.89. The van der Waals surface area contributed by atoms with E-state index in [9.17, 15) is 14.7 Å². The smallest absolute Gasteiger partial charge is 0.423 e. The highest BCUT2D eigenvalue weighted by atomic mass is 16.8. The Labute approximate surface area is 216 Å². The first-order valence-electron chi connectivity index (χ1n) is 11.5. The Morgan fingerprint density at radius 3 is 1.70 bits per heavy atom. The normalized spacial score (nSPS) is 11.4. The van der Waals surface area contributed by atoms with Crippen LogP contribution in [-0.2, 0) is 14.3 Å². The first-order valence-corrected chi connectivity index (χ1v) is 11.5. The van der Waals surface area contributed by atoms with E-state index in [4.69, 9.17) is 18.9 Å². The largest absolute Gasteiger partial charge is 0.515 e. The summed E-state index contributed by atoms with van der Waals surface area (Å²) in [4.78, 5) is 23.6. The number of ether oxygens (including phenoxy) is 4. The van der Waals surface area contributed by atoms with E-state index in [-0.39, 0.29) is 0 Å². The van der Waals surface area contributed by atoms with Crippen LogP contribution in [0, 0.1) is 13.8 Å². The predicted molar refractivity (Wildman–Crippen MR) is 141 cm³/mol. The van der Waals surface area contributed by atoms with Gasteiger partial charge in [0.05, 0.1) is 0 Å². The molecule has 192 valence electrons. The van der Waals surface area contributed by atoms with Crippen molar-refractivity contribution >= 4 is 12.1 Å². The number of benzene rings is 3. The van der Waals surface area contributed by atoms with Gasteiger partial charge < -0.3 is 24.1 Å². The summed E-state index contributed by atoms with van der Waals surface area (Å²) in [5, 5.41) is 9.47. The minimum atomic E-state index is -1.21. The van der Waals surface area contributed by atoms with Crippen molar-refractivity contribution in [1.82, 2.24) is 0 Å². The summed E-state index contributed by atoms with van der Waals surface area (Å²) in [6.07, 6.45) is -2.16. The fraction of sp³-hybridized carbons (Fsp3) is 0.200. The summed E-state index contributed by atoms with van der Waals surface area (Å²) < 4.78 is 20.1. The quantitative estimate of drug-likeness (QED) is 0.0891. The number of hydrogen-bond acceptors (Lipinski definition) is 7. The summed E-state index contributed by atoms with van der Waals surface area (Å²) in [6, 6.07) is 18.6. The average Bonchev–Trinajstić information content (AvgIpc) is 2.86. The Morgan fingerprint density at radius 2 is 1.27 bits per heavy atom. The zero-order valence-electron chi connectivity index (χ0n) is 21.4. The van der Waals surface area contributed by atoms with E-state index in [1.54, 1.807) is 38.1 Å². The Balaban J connectivity index is 1.68. The molecule has 3 aromatic carbocycles. The molecule has 0 saturated heterocycles. The highest BCUT2D eigenvalue weighted by Crippen LogP contribution is 2.33. The van der Waals surface area contributed by atoms with Crippen LogP contribution in [0.15, 0.2) is 85.0 Å². The van der Waals surface area contributed by atoms with Crippen molar-refractivity contribution < 1.29 is 33.6 Å². The maximum Gasteiger partial charge on any atom is 0.515 e. The summed E-state index contributed by atoms with van der Waals surface area (Å²) in [5.74, 6) is 0.323. The van der Waals surface area contributed by atoms with Crippen LogP contribution in [-0.4, -0.2) is 30.3 Å². The van der Waals surface area contributed by atoms with E-state index in [1.807, 2.05) is 38.1 Å². The third-order valence-corrected chi connectivity index (χ3v) is 5.49. The first kappa shape index (κ1) is 27.4.